The largest absolute Gasteiger partial charge is 0.463 e. The van der Waals surface area contributed by atoms with Gasteiger partial charge in [-0.2, -0.15) is 10.2 Å². The summed E-state index contributed by atoms with van der Waals surface area (Å²) in [5, 5.41) is 11.2. The molecule has 0 aliphatic carbocycles. The predicted molar refractivity (Wildman–Crippen MR) is 82.6 cm³/mol. The Morgan fingerprint density at radius 1 is 1.43 bits per heavy atom. The van der Waals surface area contributed by atoms with Gasteiger partial charge in [0, 0.05) is 25.0 Å². The van der Waals surface area contributed by atoms with Crippen LogP contribution in [0.25, 0.3) is 11.5 Å². The SMILES string of the molecule is O=C(c1cc(-c2ccco2)[nH]n1)N1CCCC1Cn1cccn1. The molecule has 1 amide bonds. The first kappa shape index (κ1) is 13.8. The number of amides is 1. The molecular formula is C16H17N5O2. The van der Waals surface area contributed by atoms with Crippen molar-refractivity contribution in [1.29, 1.82) is 0 Å². The van der Waals surface area contributed by atoms with Gasteiger partial charge < -0.3 is 9.32 Å². The van der Waals surface area contributed by atoms with Crippen molar-refractivity contribution in [3.63, 3.8) is 0 Å². The Morgan fingerprint density at radius 3 is 3.17 bits per heavy atom. The average Bonchev–Trinajstić information content (AvgIpc) is 3.33. The van der Waals surface area contributed by atoms with Crippen LogP contribution >= 0.6 is 0 Å². The van der Waals surface area contributed by atoms with Crippen LogP contribution in [-0.2, 0) is 6.54 Å². The number of hydrogen-bond donors (Lipinski definition) is 1. The van der Waals surface area contributed by atoms with E-state index in [0.29, 0.717) is 23.7 Å². The second-order valence-electron chi connectivity index (χ2n) is 5.67. The van der Waals surface area contributed by atoms with E-state index in [-0.39, 0.29) is 11.9 Å². The van der Waals surface area contributed by atoms with Gasteiger partial charge in [-0.05, 0) is 31.0 Å². The highest BCUT2D eigenvalue weighted by Gasteiger charge is 2.31. The van der Waals surface area contributed by atoms with Gasteiger partial charge in [0.05, 0.1) is 18.8 Å². The Hall–Kier alpha value is -2.83. The number of aromatic nitrogens is 4. The number of furan rings is 1. The van der Waals surface area contributed by atoms with Crippen molar-refractivity contribution in [2.24, 2.45) is 0 Å². The molecule has 0 aromatic carbocycles. The molecule has 0 saturated carbocycles. The molecular weight excluding hydrogens is 294 g/mol. The Balaban J connectivity index is 1.51. The zero-order chi connectivity index (χ0) is 15.6. The van der Waals surface area contributed by atoms with Gasteiger partial charge in [-0.3, -0.25) is 14.6 Å². The standard InChI is InChI=1S/C16H17N5O2/c22-16(14-10-13(18-19-14)15-5-2-9-23-15)21-8-1-4-12(21)11-20-7-3-6-17-20/h2-3,5-7,9-10,12H,1,4,8,11H2,(H,18,19). The molecule has 3 aromatic heterocycles. The second kappa shape index (κ2) is 5.75. The minimum atomic E-state index is -0.0475. The monoisotopic (exact) mass is 311 g/mol. The fourth-order valence-electron chi connectivity index (χ4n) is 3.05. The lowest BCUT2D eigenvalue weighted by molar-refractivity contribution is 0.0715. The molecule has 4 heterocycles. The average molecular weight is 311 g/mol. The molecule has 1 saturated heterocycles. The highest BCUT2D eigenvalue weighted by Crippen LogP contribution is 2.23. The van der Waals surface area contributed by atoms with Crippen LogP contribution in [0.5, 0.6) is 0 Å². The van der Waals surface area contributed by atoms with E-state index >= 15 is 0 Å². The summed E-state index contributed by atoms with van der Waals surface area (Å²) >= 11 is 0. The molecule has 7 nitrogen and oxygen atoms in total. The maximum absolute atomic E-state index is 12.8. The van der Waals surface area contributed by atoms with Crippen molar-refractivity contribution in [2.75, 3.05) is 6.54 Å². The van der Waals surface area contributed by atoms with E-state index in [1.54, 1.807) is 24.6 Å². The molecule has 0 spiro atoms. The maximum atomic E-state index is 12.8. The summed E-state index contributed by atoms with van der Waals surface area (Å²) in [6, 6.07) is 7.43. The predicted octanol–water partition coefficient (Wildman–Crippen LogP) is 2.17. The molecule has 0 bridgehead atoms. The lowest BCUT2D eigenvalue weighted by atomic mass is 10.2. The lowest BCUT2D eigenvalue weighted by Gasteiger charge is -2.23. The number of aromatic amines is 1. The molecule has 1 atom stereocenters. The molecule has 7 heteroatoms. The van der Waals surface area contributed by atoms with Crippen LogP contribution in [0.1, 0.15) is 23.3 Å². The van der Waals surface area contributed by atoms with Crippen molar-refractivity contribution in [3.05, 3.63) is 48.6 Å². The number of nitrogens with one attached hydrogen (secondary N) is 1. The topological polar surface area (TPSA) is 80.0 Å². The number of H-pyrrole nitrogens is 1. The number of carbonyl (C=O) groups excluding carboxylic acids is 1. The van der Waals surface area contributed by atoms with Gasteiger partial charge in [0.25, 0.3) is 5.91 Å². The van der Waals surface area contributed by atoms with E-state index in [2.05, 4.69) is 15.3 Å². The summed E-state index contributed by atoms with van der Waals surface area (Å²) in [6.45, 7) is 1.47. The van der Waals surface area contributed by atoms with Gasteiger partial charge in [0.1, 0.15) is 5.69 Å². The molecule has 0 radical (unpaired) electrons. The molecule has 1 aliphatic rings. The van der Waals surface area contributed by atoms with Crippen molar-refractivity contribution in [3.8, 4) is 11.5 Å². The van der Waals surface area contributed by atoms with E-state index in [4.69, 9.17) is 4.42 Å². The molecule has 118 valence electrons. The Bertz CT molecular complexity index is 775. The Morgan fingerprint density at radius 2 is 2.39 bits per heavy atom. The first-order chi connectivity index (χ1) is 11.3. The third-order valence-electron chi connectivity index (χ3n) is 4.18. The zero-order valence-electron chi connectivity index (χ0n) is 12.6. The minimum absolute atomic E-state index is 0.0475. The minimum Gasteiger partial charge on any atom is -0.463 e. The summed E-state index contributed by atoms with van der Waals surface area (Å²) in [4.78, 5) is 14.6. The summed E-state index contributed by atoms with van der Waals surface area (Å²) in [5.41, 5.74) is 1.13. The van der Waals surface area contributed by atoms with Gasteiger partial charge in [-0.15, -0.1) is 0 Å². The number of likely N-dealkylation sites (tertiary alicyclic amines) is 1. The highest BCUT2D eigenvalue weighted by molar-refractivity contribution is 5.93. The smallest absolute Gasteiger partial charge is 0.274 e. The van der Waals surface area contributed by atoms with E-state index in [1.807, 2.05) is 27.9 Å². The molecule has 3 aromatic rings. The van der Waals surface area contributed by atoms with Gasteiger partial charge in [-0.1, -0.05) is 0 Å². The van der Waals surface area contributed by atoms with Crippen LogP contribution in [0.15, 0.2) is 47.3 Å². The summed E-state index contributed by atoms with van der Waals surface area (Å²) in [5.74, 6) is 0.625. The van der Waals surface area contributed by atoms with Crippen molar-refractivity contribution < 1.29 is 9.21 Å². The normalized spacial score (nSPS) is 17.7. The summed E-state index contributed by atoms with van der Waals surface area (Å²) in [7, 11) is 0. The van der Waals surface area contributed by atoms with Crippen LogP contribution in [0.2, 0.25) is 0 Å². The fraction of sp³-hybridized carbons (Fsp3) is 0.312. The quantitative estimate of drug-likeness (QED) is 0.801. The van der Waals surface area contributed by atoms with Gasteiger partial charge >= 0.3 is 0 Å². The first-order valence-electron chi connectivity index (χ1n) is 7.69. The van der Waals surface area contributed by atoms with Crippen molar-refractivity contribution in [1.82, 2.24) is 24.9 Å². The summed E-state index contributed by atoms with van der Waals surface area (Å²) in [6.07, 6.45) is 7.27. The molecule has 4 rings (SSSR count). The van der Waals surface area contributed by atoms with Crippen molar-refractivity contribution in [2.45, 2.75) is 25.4 Å². The molecule has 1 aliphatic heterocycles. The summed E-state index contributed by atoms with van der Waals surface area (Å²) < 4.78 is 7.19. The van der Waals surface area contributed by atoms with Gasteiger partial charge in [-0.25, -0.2) is 0 Å². The molecule has 1 N–H and O–H groups in total. The maximum Gasteiger partial charge on any atom is 0.274 e. The number of nitrogens with zero attached hydrogens (tertiary/aromatic N) is 4. The first-order valence-corrected chi connectivity index (χ1v) is 7.69. The van der Waals surface area contributed by atoms with E-state index in [1.165, 1.54) is 0 Å². The van der Waals surface area contributed by atoms with Crippen LogP contribution < -0.4 is 0 Å². The molecule has 1 unspecified atom stereocenters. The van der Waals surface area contributed by atoms with E-state index in [9.17, 15) is 4.79 Å². The zero-order valence-corrected chi connectivity index (χ0v) is 12.6. The molecule has 1 fully saturated rings. The third-order valence-corrected chi connectivity index (χ3v) is 4.18. The molecule has 23 heavy (non-hydrogen) atoms. The Labute approximate surface area is 132 Å². The van der Waals surface area contributed by atoms with E-state index < -0.39 is 0 Å². The Kier molecular flexibility index (Phi) is 3.45. The number of hydrogen-bond acceptors (Lipinski definition) is 4. The van der Waals surface area contributed by atoms with Crippen LogP contribution in [-0.4, -0.2) is 43.4 Å². The fourth-order valence-corrected chi connectivity index (χ4v) is 3.05. The third kappa shape index (κ3) is 2.65. The van der Waals surface area contributed by atoms with Crippen LogP contribution in [0, 0.1) is 0 Å². The van der Waals surface area contributed by atoms with E-state index in [0.717, 1.165) is 19.4 Å². The van der Waals surface area contributed by atoms with Gasteiger partial charge in [0.15, 0.2) is 11.5 Å². The number of rotatable bonds is 4. The second-order valence-corrected chi connectivity index (χ2v) is 5.67. The van der Waals surface area contributed by atoms with Gasteiger partial charge in [0.2, 0.25) is 0 Å². The number of carbonyl (C=O) groups is 1. The van der Waals surface area contributed by atoms with Crippen LogP contribution in [0.3, 0.4) is 0 Å². The lowest BCUT2D eigenvalue weighted by Crippen LogP contribution is -2.38. The van der Waals surface area contributed by atoms with Crippen LogP contribution in [0.4, 0.5) is 0 Å². The highest BCUT2D eigenvalue weighted by atomic mass is 16.3. The van der Waals surface area contributed by atoms with Crippen molar-refractivity contribution >= 4 is 5.91 Å².